The molecule has 1 fully saturated rings. The summed E-state index contributed by atoms with van der Waals surface area (Å²) in [6.07, 6.45) is -4.58. The number of aromatic nitrogens is 2. The van der Waals surface area contributed by atoms with Crippen molar-refractivity contribution in [2.75, 3.05) is 45.0 Å². The van der Waals surface area contributed by atoms with Gasteiger partial charge in [-0.15, -0.1) is 0 Å². The molecule has 2 aromatic rings. The largest absolute Gasteiger partial charge is 0.496 e. The first-order chi connectivity index (χ1) is 13.9. The highest BCUT2D eigenvalue weighted by atomic mass is 19.4. The molecule has 0 atom stereocenters. The number of morpholine rings is 1. The molecule has 7 nitrogen and oxygen atoms in total. The number of benzene rings is 1. The van der Waals surface area contributed by atoms with Crippen LogP contribution in [0.1, 0.15) is 18.3 Å². The Morgan fingerprint density at radius 1 is 1.24 bits per heavy atom. The summed E-state index contributed by atoms with van der Waals surface area (Å²) in [4.78, 5) is 8.37. The van der Waals surface area contributed by atoms with Crippen LogP contribution in [0.4, 0.5) is 19.0 Å². The van der Waals surface area contributed by atoms with Crippen molar-refractivity contribution in [3.8, 4) is 23.1 Å². The number of hydrogen-bond donors (Lipinski definition) is 0. The smallest absolute Gasteiger partial charge is 0.419 e. The first kappa shape index (κ1) is 20.8. The number of methoxy groups -OCH3 is 1. The van der Waals surface area contributed by atoms with Crippen LogP contribution in [0.25, 0.3) is 11.3 Å². The fraction of sp³-hybridized carbons (Fsp3) is 0.421. The maximum Gasteiger partial charge on any atom is 0.419 e. The van der Waals surface area contributed by atoms with Crippen LogP contribution in [0.15, 0.2) is 24.3 Å². The van der Waals surface area contributed by atoms with Crippen LogP contribution in [-0.2, 0) is 10.9 Å². The monoisotopic (exact) mass is 407 g/mol. The number of nitrogens with zero attached hydrogens (tertiary/aromatic N) is 5. The average Bonchev–Trinajstić information content (AvgIpc) is 2.73. The van der Waals surface area contributed by atoms with E-state index in [1.807, 2.05) is 23.0 Å². The number of rotatable bonds is 5. The molecule has 0 radical (unpaired) electrons. The van der Waals surface area contributed by atoms with Crippen LogP contribution in [0.3, 0.4) is 0 Å². The number of ether oxygens (including phenoxy) is 2. The van der Waals surface area contributed by atoms with E-state index < -0.39 is 11.7 Å². The third kappa shape index (κ3) is 4.58. The number of nitriles is 1. The molecule has 1 aliphatic heterocycles. The highest BCUT2D eigenvalue weighted by Gasteiger charge is 2.34. The Labute approximate surface area is 166 Å². The SMILES string of the molecule is CCN(c1cc(-c2ccc(OC)c(C(F)(F)F)c2)nc(C#N)n1)N1CCOCC1. The van der Waals surface area contributed by atoms with E-state index in [0.29, 0.717) is 38.7 Å². The Kier molecular flexibility index (Phi) is 6.20. The van der Waals surface area contributed by atoms with Crippen molar-refractivity contribution in [1.82, 2.24) is 15.0 Å². The Morgan fingerprint density at radius 2 is 1.97 bits per heavy atom. The molecule has 0 N–H and O–H groups in total. The lowest BCUT2D eigenvalue weighted by Gasteiger charge is -2.37. The van der Waals surface area contributed by atoms with E-state index in [1.54, 1.807) is 6.07 Å². The molecule has 0 amide bonds. The fourth-order valence-electron chi connectivity index (χ4n) is 3.16. The molecule has 1 aliphatic rings. The van der Waals surface area contributed by atoms with Gasteiger partial charge in [-0.1, -0.05) is 0 Å². The van der Waals surface area contributed by atoms with Crippen molar-refractivity contribution in [1.29, 1.82) is 5.26 Å². The number of anilines is 1. The summed E-state index contributed by atoms with van der Waals surface area (Å²) in [7, 11) is 1.18. The van der Waals surface area contributed by atoms with Gasteiger partial charge in [-0.25, -0.2) is 15.0 Å². The number of halogens is 3. The molecule has 1 aromatic carbocycles. The lowest BCUT2D eigenvalue weighted by molar-refractivity contribution is -0.138. The van der Waals surface area contributed by atoms with E-state index in [9.17, 15) is 18.4 Å². The Balaban J connectivity index is 2.06. The third-order valence-corrected chi connectivity index (χ3v) is 4.51. The molecule has 0 spiro atoms. The van der Waals surface area contributed by atoms with Crippen molar-refractivity contribution in [3.63, 3.8) is 0 Å². The average molecular weight is 407 g/mol. The predicted octanol–water partition coefficient (Wildman–Crippen LogP) is 3.12. The van der Waals surface area contributed by atoms with Crippen molar-refractivity contribution in [2.45, 2.75) is 13.1 Å². The molecule has 1 saturated heterocycles. The minimum atomic E-state index is -4.58. The van der Waals surface area contributed by atoms with Crippen LogP contribution in [0, 0.1) is 11.3 Å². The summed E-state index contributed by atoms with van der Waals surface area (Å²) >= 11 is 0. The van der Waals surface area contributed by atoms with E-state index in [0.717, 1.165) is 6.07 Å². The van der Waals surface area contributed by atoms with Crippen LogP contribution in [0.2, 0.25) is 0 Å². The molecule has 0 saturated carbocycles. The molecule has 3 rings (SSSR count). The first-order valence-corrected chi connectivity index (χ1v) is 9.02. The molecule has 29 heavy (non-hydrogen) atoms. The summed E-state index contributed by atoms with van der Waals surface area (Å²) in [5.74, 6) is 0.0495. The van der Waals surface area contributed by atoms with Gasteiger partial charge >= 0.3 is 6.18 Å². The Bertz CT molecular complexity index is 908. The van der Waals surface area contributed by atoms with Gasteiger partial charge in [0.2, 0.25) is 5.82 Å². The second-order valence-electron chi connectivity index (χ2n) is 6.24. The van der Waals surface area contributed by atoms with Crippen LogP contribution < -0.4 is 9.75 Å². The molecule has 0 unspecified atom stereocenters. The van der Waals surface area contributed by atoms with E-state index in [2.05, 4.69) is 9.97 Å². The van der Waals surface area contributed by atoms with Gasteiger partial charge < -0.3 is 9.47 Å². The zero-order valence-corrected chi connectivity index (χ0v) is 16.0. The zero-order valence-electron chi connectivity index (χ0n) is 16.0. The normalized spacial score (nSPS) is 15.0. The first-order valence-electron chi connectivity index (χ1n) is 9.02. The maximum absolute atomic E-state index is 13.4. The van der Waals surface area contributed by atoms with E-state index in [4.69, 9.17) is 9.47 Å². The molecule has 154 valence electrons. The molecular formula is C19H20F3N5O2. The second-order valence-corrected chi connectivity index (χ2v) is 6.24. The van der Waals surface area contributed by atoms with E-state index in [-0.39, 0.29) is 22.8 Å². The molecule has 1 aromatic heterocycles. The topological polar surface area (TPSA) is 74.5 Å². The van der Waals surface area contributed by atoms with Gasteiger partial charge in [-0.3, -0.25) is 5.01 Å². The molecule has 0 aliphatic carbocycles. The summed E-state index contributed by atoms with van der Waals surface area (Å²) in [6.45, 7) is 4.92. The standard InChI is InChI=1S/C19H20F3N5O2/c1-3-27(26-6-8-29-9-7-26)18-11-15(24-17(12-23)25-18)13-4-5-16(28-2)14(10-13)19(20,21)22/h4-5,10-11H,3,6-9H2,1-2H3. The van der Waals surface area contributed by atoms with Gasteiger partial charge in [0.1, 0.15) is 17.6 Å². The molecule has 0 bridgehead atoms. The minimum Gasteiger partial charge on any atom is -0.496 e. The van der Waals surface area contributed by atoms with Gasteiger partial charge in [-0.05, 0) is 25.1 Å². The summed E-state index contributed by atoms with van der Waals surface area (Å²) in [5.41, 5.74) is -0.459. The van der Waals surface area contributed by atoms with Gasteiger partial charge in [0.05, 0.1) is 31.6 Å². The van der Waals surface area contributed by atoms with Crippen molar-refractivity contribution in [3.05, 3.63) is 35.7 Å². The molecular weight excluding hydrogens is 387 g/mol. The minimum absolute atomic E-state index is 0.117. The summed E-state index contributed by atoms with van der Waals surface area (Å²) in [6, 6.07) is 7.16. The number of alkyl halides is 3. The van der Waals surface area contributed by atoms with Crippen LogP contribution >= 0.6 is 0 Å². The zero-order chi connectivity index (χ0) is 21.0. The van der Waals surface area contributed by atoms with Gasteiger partial charge in [0, 0.05) is 31.3 Å². The summed E-state index contributed by atoms with van der Waals surface area (Å²) < 4.78 is 50.4. The van der Waals surface area contributed by atoms with Gasteiger partial charge in [0.15, 0.2) is 0 Å². The Morgan fingerprint density at radius 3 is 2.55 bits per heavy atom. The van der Waals surface area contributed by atoms with E-state index >= 15 is 0 Å². The van der Waals surface area contributed by atoms with E-state index in [1.165, 1.54) is 19.2 Å². The lowest BCUT2D eigenvalue weighted by atomic mass is 10.1. The molecule has 10 heteroatoms. The second kappa shape index (κ2) is 8.63. The van der Waals surface area contributed by atoms with Gasteiger partial charge in [0.25, 0.3) is 0 Å². The third-order valence-electron chi connectivity index (χ3n) is 4.51. The predicted molar refractivity (Wildman–Crippen MR) is 99.1 cm³/mol. The van der Waals surface area contributed by atoms with Crippen LogP contribution in [-0.4, -0.2) is 54.9 Å². The highest BCUT2D eigenvalue weighted by Crippen LogP contribution is 2.38. The number of hydrazine groups is 1. The van der Waals surface area contributed by atoms with Crippen molar-refractivity contribution in [2.24, 2.45) is 0 Å². The fourth-order valence-corrected chi connectivity index (χ4v) is 3.16. The van der Waals surface area contributed by atoms with Crippen LogP contribution in [0.5, 0.6) is 5.75 Å². The van der Waals surface area contributed by atoms with Crippen molar-refractivity contribution < 1.29 is 22.6 Å². The van der Waals surface area contributed by atoms with Gasteiger partial charge in [-0.2, -0.15) is 18.4 Å². The lowest BCUT2D eigenvalue weighted by Crippen LogP contribution is -2.49. The highest BCUT2D eigenvalue weighted by molar-refractivity contribution is 5.66. The quantitative estimate of drug-likeness (QED) is 0.754. The Hall–Kier alpha value is -2.90. The maximum atomic E-state index is 13.4. The number of hydrogen-bond acceptors (Lipinski definition) is 7. The van der Waals surface area contributed by atoms with Crippen molar-refractivity contribution >= 4 is 5.82 Å². The summed E-state index contributed by atoms with van der Waals surface area (Å²) in [5, 5.41) is 13.2. The molecule has 2 heterocycles.